The maximum atomic E-state index is 5.54. The number of nitrogens with two attached hydrogens (primary N) is 1. The molecule has 0 aromatic carbocycles. The molecule has 0 atom stereocenters. The van der Waals surface area contributed by atoms with Crippen LogP contribution in [0, 0.1) is 5.92 Å². The maximum absolute atomic E-state index is 5.54. The van der Waals surface area contributed by atoms with E-state index in [0.717, 1.165) is 30.1 Å². The van der Waals surface area contributed by atoms with Gasteiger partial charge in [0.2, 0.25) is 0 Å². The van der Waals surface area contributed by atoms with Crippen LogP contribution in [-0.2, 0) is 0 Å². The van der Waals surface area contributed by atoms with Crippen molar-refractivity contribution in [3.05, 3.63) is 31.0 Å². The fraction of sp³-hybridized carbons (Fsp3) is 0.500. The summed E-state index contributed by atoms with van der Waals surface area (Å²) in [4.78, 5) is 8.37. The smallest absolute Gasteiger partial charge is 0.0916 e. The summed E-state index contributed by atoms with van der Waals surface area (Å²) in [6, 6.07) is 0.549. The molecule has 0 amide bonds. The Balaban J connectivity index is 1.61. The Kier molecular flexibility index (Phi) is 3.55. The average molecular weight is 257 g/mol. The predicted molar refractivity (Wildman–Crippen MR) is 73.3 cm³/mol. The molecule has 1 fully saturated rings. The number of aromatic nitrogens is 4. The normalized spacial score (nSPS) is 22.2. The largest absolute Gasteiger partial charge is 0.330 e. The SMILES string of the molecule is NCCCC1CC(n2cc(-c3cnccn3)cn2)C1. The zero-order chi connectivity index (χ0) is 13.1. The van der Waals surface area contributed by atoms with Gasteiger partial charge in [-0.1, -0.05) is 0 Å². The molecule has 2 N–H and O–H groups in total. The van der Waals surface area contributed by atoms with Gasteiger partial charge < -0.3 is 5.73 Å². The second-order valence-electron chi connectivity index (χ2n) is 5.22. The van der Waals surface area contributed by atoms with Gasteiger partial charge in [0.1, 0.15) is 0 Å². The third-order valence-electron chi connectivity index (χ3n) is 3.86. The predicted octanol–water partition coefficient (Wildman–Crippen LogP) is 2.03. The van der Waals surface area contributed by atoms with Crippen molar-refractivity contribution in [1.82, 2.24) is 19.7 Å². The molecular formula is C14H19N5. The van der Waals surface area contributed by atoms with E-state index in [9.17, 15) is 0 Å². The van der Waals surface area contributed by atoms with E-state index < -0.39 is 0 Å². The van der Waals surface area contributed by atoms with E-state index in [1.165, 1.54) is 19.3 Å². The first-order valence-corrected chi connectivity index (χ1v) is 6.87. The van der Waals surface area contributed by atoms with E-state index in [-0.39, 0.29) is 0 Å². The molecule has 1 saturated carbocycles. The first-order chi connectivity index (χ1) is 9.36. The van der Waals surface area contributed by atoms with Crippen LogP contribution in [0.5, 0.6) is 0 Å². The molecule has 1 aliphatic rings. The molecule has 0 radical (unpaired) electrons. The Hall–Kier alpha value is -1.75. The monoisotopic (exact) mass is 257 g/mol. The molecule has 2 heterocycles. The minimum Gasteiger partial charge on any atom is -0.330 e. The molecule has 0 spiro atoms. The Labute approximate surface area is 112 Å². The van der Waals surface area contributed by atoms with Crippen molar-refractivity contribution in [2.24, 2.45) is 11.7 Å². The molecule has 100 valence electrons. The van der Waals surface area contributed by atoms with Gasteiger partial charge in [-0.25, -0.2) is 0 Å². The van der Waals surface area contributed by atoms with Gasteiger partial charge in [-0.05, 0) is 38.1 Å². The van der Waals surface area contributed by atoms with Crippen LogP contribution >= 0.6 is 0 Å². The molecule has 0 unspecified atom stereocenters. The van der Waals surface area contributed by atoms with E-state index in [1.54, 1.807) is 18.6 Å². The standard InChI is InChI=1S/C14H19N5/c15-3-1-2-11-6-13(7-11)19-10-12(8-18-19)14-9-16-4-5-17-14/h4-5,8-11,13H,1-3,6-7,15H2. The first kappa shape index (κ1) is 12.3. The van der Waals surface area contributed by atoms with E-state index in [0.29, 0.717) is 6.04 Å². The third kappa shape index (κ3) is 2.66. The van der Waals surface area contributed by atoms with Gasteiger partial charge in [0.25, 0.3) is 0 Å². The lowest BCUT2D eigenvalue weighted by Gasteiger charge is -2.35. The molecule has 2 aromatic heterocycles. The van der Waals surface area contributed by atoms with E-state index in [2.05, 4.69) is 25.9 Å². The summed E-state index contributed by atoms with van der Waals surface area (Å²) in [5.41, 5.74) is 7.46. The van der Waals surface area contributed by atoms with Gasteiger partial charge in [0.05, 0.1) is 24.1 Å². The van der Waals surface area contributed by atoms with E-state index in [1.807, 2.05) is 6.20 Å². The molecular weight excluding hydrogens is 238 g/mol. The van der Waals surface area contributed by atoms with Crippen LogP contribution in [0.1, 0.15) is 31.7 Å². The van der Waals surface area contributed by atoms with Crippen molar-refractivity contribution in [3.63, 3.8) is 0 Å². The van der Waals surface area contributed by atoms with Crippen molar-refractivity contribution in [2.75, 3.05) is 6.54 Å². The average Bonchev–Trinajstić information content (AvgIpc) is 2.87. The minimum atomic E-state index is 0.549. The van der Waals surface area contributed by atoms with Crippen molar-refractivity contribution in [1.29, 1.82) is 0 Å². The number of hydrogen-bond donors (Lipinski definition) is 1. The van der Waals surface area contributed by atoms with E-state index >= 15 is 0 Å². The molecule has 1 aliphatic carbocycles. The van der Waals surface area contributed by atoms with Crippen LogP contribution in [0.3, 0.4) is 0 Å². The molecule has 0 saturated heterocycles. The van der Waals surface area contributed by atoms with Crippen molar-refractivity contribution >= 4 is 0 Å². The second-order valence-corrected chi connectivity index (χ2v) is 5.22. The molecule has 0 aliphatic heterocycles. The van der Waals surface area contributed by atoms with Crippen molar-refractivity contribution in [2.45, 2.75) is 31.7 Å². The fourth-order valence-corrected chi connectivity index (χ4v) is 2.68. The second kappa shape index (κ2) is 5.48. The minimum absolute atomic E-state index is 0.549. The highest BCUT2D eigenvalue weighted by Gasteiger charge is 2.30. The summed E-state index contributed by atoms with van der Waals surface area (Å²) in [5, 5.41) is 4.45. The highest BCUT2D eigenvalue weighted by atomic mass is 15.3. The van der Waals surface area contributed by atoms with Crippen LogP contribution < -0.4 is 5.73 Å². The third-order valence-corrected chi connectivity index (χ3v) is 3.86. The lowest BCUT2D eigenvalue weighted by Crippen LogP contribution is -2.27. The molecule has 19 heavy (non-hydrogen) atoms. The van der Waals surface area contributed by atoms with Gasteiger partial charge in [-0.15, -0.1) is 0 Å². The van der Waals surface area contributed by atoms with Crippen LogP contribution in [0.25, 0.3) is 11.3 Å². The highest BCUT2D eigenvalue weighted by Crippen LogP contribution is 2.40. The van der Waals surface area contributed by atoms with Gasteiger partial charge in [-0.2, -0.15) is 5.10 Å². The van der Waals surface area contributed by atoms with Crippen LogP contribution in [0.2, 0.25) is 0 Å². The Morgan fingerprint density at radius 2 is 2.16 bits per heavy atom. The Morgan fingerprint density at radius 1 is 1.26 bits per heavy atom. The number of rotatable bonds is 5. The van der Waals surface area contributed by atoms with E-state index in [4.69, 9.17) is 5.73 Å². The maximum Gasteiger partial charge on any atom is 0.0916 e. The van der Waals surface area contributed by atoms with Gasteiger partial charge in [-0.3, -0.25) is 14.6 Å². The van der Waals surface area contributed by atoms with Gasteiger partial charge >= 0.3 is 0 Å². The van der Waals surface area contributed by atoms with Gasteiger partial charge in [0.15, 0.2) is 0 Å². The summed E-state index contributed by atoms with van der Waals surface area (Å²) >= 11 is 0. The van der Waals surface area contributed by atoms with Gasteiger partial charge in [0, 0.05) is 24.2 Å². The summed E-state index contributed by atoms with van der Waals surface area (Å²) in [7, 11) is 0. The summed E-state index contributed by atoms with van der Waals surface area (Å²) in [6.07, 6.45) is 14.0. The topological polar surface area (TPSA) is 69.6 Å². The lowest BCUT2D eigenvalue weighted by atomic mass is 9.77. The quantitative estimate of drug-likeness (QED) is 0.889. The summed E-state index contributed by atoms with van der Waals surface area (Å²) in [5.74, 6) is 0.831. The van der Waals surface area contributed by atoms with Crippen LogP contribution in [0.15, 0.2) is 31.0 Å². The van der Waals surface area contributed by atoms with Crippen molar-refractivity contribution < 1.29 is 0 Å². The number of hydrogen-bond acceptors (Lipinski definition) is 4. The molecule has 2 aromatic rings. The fourth-order valence-electron chi connectivity index (χ4n) is 2.68. The number of nitrogens with zero attached hydrogens (tertiary/aromatic N) is 4. The molecule has 3 rings (SSSR count). The van der Waals surface area contributed by atoms with Crippen LogP contribution in [-0.4, -0.2) is 26.3 Å². The highest BCUT2D eigenvalue weighted by molar-refractivity contribution is 5.55. The van der Waals surface area contributed by atoms with Crippen molar-refractivity contribution in [3.8, 4) is 11.3 Å². The molecule has 5 heteroatoms. The zero-order valence-electron chi connectivity index (χ0n) is 10.9. The molecule has 5 nitrogen and oxygen atoms in total. The zero-order valence-corrected chi connectivity index (χ0v) is 10.9. The van der Waals surface area contributed by atoms with Crippen LogP contribution in [0.4, 0.5) is 0 Å². The Bertz CT molecular complexity index is 516. The summed E-state index contributed by atoms with van der Waals surface area (Å²) < 4.78 is 2.07. The first-order valence-electron chi connectivity index (χ1n) is 6.87. The Morgan fingerprint density at radius 3 is 2.89 bits per heavy atom. The summed E-state index contributed by atoms with van der Waals surface area (Å²) in [6.45, 7) is 0.805. The lowest BCUT2D eigenvalue weighted by molar-refractivity contribution is 0.171. The molecule has 0 bridgehead atoms.